The molecular weight excluding hydrogens is 250 g/mol. The number of nitrogens with zero attached hydrogens (tertiary/aromatic N) is 1. The number of hydrogen-bond donors (Lipinski definition) is 0. The summed E-state index contributed by atoms with van der Waals surface area (Å²) in [6.45, 7) is 0.567. The van der Waals surface area contributed by atoms with E-state index in [2.05, 4.69) is 4.98 Å². The highest BCUT2D eigenvalue weighted by atomic mass is 35.5. The van der Waals surface area contributed by atoms with Crippen molar-refractivity contribution in [2.24, 2.45) is 0 Å². The third-order valence-electron chi connectivity index (χ3n) is 2.53. The Morgan fingerprint density at radius 2 is 1.94 bits per heavy atom. The molecule has 0 N–H and O–H groups in total. The van der Waals surface area contributed by atoms with Gasteiger partial charge in [0.05, 0.1) is 13.7 Å². The second kappa shape index (κ2) is 6.26. The lowest BCUT2D eigenvalue weighted by atomic mass is 10.1. The molecule has 0 spiro atoms. The van der Waals surface area contributed by atoms with Gasteiger partial charge in [-0.05, 0) is 29.8 Å². The minimum Gasteiger partial charge on any atom is -0.497 e. The van der Waals surface area contributed by atoms with Crippen LogP contribution in [0.3, 0.4) is 0 Å². The average Bonchev–Trinajstić information content (AvgIpc) is 2.42. The van der Waals surface area contributed by atoms with E-state index < -0.39 is 0 Å². The van der Waals surface area contributed by atoms with E-state index in [0.717, 1.165) is 12.2 Å². The zero-order chi connectivity index (χ0) is 12.8. The lowest BCUT2D eigenvalue weighted by Gasteiger charge is -2.07. The van der Waals surface area contributed by atoms with Crippen LogP contribution in [0.15, 0.2) is 42.6 Å². The summed E-state index contributed by atoms with van der Waals surface area (Å²) in [5.74, 6) is 1.47. The van der Waals surface area contributed by atoms with Gasteiger partial charge in [0.15, 0.2) is 10.9 Å². The largest absolute Gasteiger partial charge is 0.497 e. The lowest BCUT2D eigenvalue weighted by molar-refractivity contribution is 0.321. The van der Waals surface area contributed by atoms with Crippen LogP contribution in [0, 0.1) is 0 Å². The van der Waals surface area contributed by atoms with Gasteiger partial charge in [-0.2, -0.15) is 0 Å². The van der Waals surface area contributed by atoms with Gasteiger partial charge in [-0.1, -0.05) is 23.7 Å². The van der Waals surface area contributed by atoms with Crippen molar-refractivity contribution >= 4 is 11.6 Å². The van der Waals surface area contributed by atoms with Gasteiger partial charge in [0.2, 0.25) is 0 Å². The highest BCUT2D eigenvalue weighted by Crippen LogP contribution is 2.20. The van der Waals surface area contributed by atoms with E-state index in [1.54, 1.807) is 19.4 Å². The van der Waals surface area contributed by atoms with Crippen LogP contribution in [0.25, 0.3) is 0 Å². The number of aromatic nitrogens is 1. The molecule has 0 atom stereocenters. The predicted molar refractivity (Wildman–Crippen MR) is 71.4 cm³/mol. The number of benzene rings is 1. The molecule has 3 nitrogen and oxygen atoms in total. The van der Waals surface area contributed by atoms with Crippen LogP contribution in [0.4, 0.5) is 0 Å². The summed E-state index contributed by atoms with van der Waals surface area (Å²) in [4.78, 5) is 3.95. The molecule has 0 saturated heterocycles. The van der Waals surface area contributed by atoms with Gasteiger partial charge in [0.1, 0.15) is 5.75 Å². The van der Waals surface area contributed by atoms with E-state index in [1.807, 2.05) is 30.3 Å². The summed E-state index contributed by atoms with van der Waals surface area (Å²) in [6, 6.07) is 11.5. The molecule has 4 heteroatoms. The summed E-state index contributed by atoms with van der Waals surface area (Å²) in [7, 11) is 1.66. The van der Waals surface area contributed by atoms with Crippen LogP contribution in [0.1, 0.15) is 5.56 Å². The molecule has 0 fully saturated rings. The maximum atomic E-state index is 5.89. The number of rotatable bonds is 5. The normalized spacial score (nSPS) is 10.1. The van der Waals surface area contributed by atoms with Gasteiger partial charge >= 0.3 is 0 Å². The van der Waals surface area contributed by atoms with Crippen LogP contribution in [-0.4, -0.2) is 18.7 Å². The van der Waals surface area contributed by atoms with E-state index in [0.29, 0.717) is 17.5 Å². The standard InChI is InChI=1S/C14H14ClNO2/c1-17-12-6-4-11(5-7-12)8-10-18-13-3-2-9-16-14(13)15/h2-7,9H,8,10H2,1H3. The van der Waals surface area contributed by atoms with E-state index in [-0.39, 0.29) is 0 Å². The quantitative estimate of drug-likeness (QED) is 0.775. The molecule has 0 unspecified atom stereocenters. The summed E-state index contributed by atoms with van der Waals surface area (Å²) in [5.41, 5.74) is 1.19. The minimum atomic E-state index is 0.396. The molecule has 0 aliphatic rings. The molecule has 0 bridgehead atoms. The van der Waals surface area contributed by atoms with Crippen molar-refractivity contribution in [1.29, 1.82) is 0 Å². The monoisotopic (exact) mass is 263 g/mol. The fraction of sp³-hybridized carbons (Fsp3) is 0.214. The number of pyridine rings is 1. The molecular formula is C14H14ClNO2. The van der Waals surface area contributed by atoms with E-state index in [4.69, 9.17) is 21.1 Å². The number of halogens is 1. The molecule has 0 amide bonds. The first-order valence-corrected chi connectivity index (χ1v) is 6.03. The minimum absolute atomic E-state index is 0.396. The van der Waals surface area contributed by atoms with Gasteiger partial charge in [-0.3, -0.25) is 0 Å². The van der Waals surface area contributed by atoms with Crippen LogP contribution in [0.2, 0.25) is 5.15 Å². The van der Waals surface area contributed by atoms with Crippen molar-refractivity contribution in [3.05, 3.63) is 53.3 Å². The molecule has 1 heterocycles. The molecule has 1 aromatic carbocycles. The summed E-state index contributed by atoms with van der Waals surface area (Å²) >= 11 is 5.89. The highest BCUT2D eigenvalue weighted by Gasteiger charge is 2.01. The molecule has 94 valence electrons. The fourth-order valence-electron chi connectivity index (χ4n) is 1.55. The molecule has 0 saturated carbocycles. The Hall–Kier alpha value is -1.74. The van der Waals surface area contributed by atoms with Gasteiger partial charge in [-0.15, -0.1) is 0 Å². The van der Waals surface area contributed by atoms with Gasteiger partial charge in [-0.25, -0.2) is 4.98 Å². The Bertz CT molecular complexity index is 499. The summed E-state index contributed by atoms with van der Waals surface area (Å²) in [6.07, 6.45) is 2.45. The van der Waals surface area contributed by atoms with Crippen molar-refractivity contribution in [3.63, 3.8) is 0 Å². The first-order valence-electron chi connectivity index (χ1n) is 5.66. The Balaban J connectivity index is 1.86. The maximum absolute atomic E-state index is 5.89. The third-order valence-corrected chi connectivity index (χ3v) is 2.82. The van der Waals surface area contributed by atoms with Crippen molar-refractivity contribution in [3.8, 4) is 11.5 Å². The van der Waals surface area contributed by atoms with Crippen LogP contribution in [-0.2, 0) is 6.42 Å². The molecule has 1 aromatic heterocycles. The smallest absolute Gasteiger partial charge is 0.171 e. The number of hydrogen-bond acceptors (Lipinski definition) is 3. The van der Waals surface area contributed by atoms with E-state index in [1.165, 1.54) is 5.56 Å². The predicted octanol–water partition coefficient (Wildman–Crippen LogP) is 3.37. The first-order chi connectivity index (χ1) is 8.79. The van der Waals surface area contributed by atoms with Crippen molar-refractivity contribution < 1.29 is 9.47 Å². The Kier molecular flexibility index (Phi) is 4.42. The molecule has 0 radical (unpaired) electrons. The van der Waals surface area contributed by atoms with Crippen molar-refractivity contribution in [2.75, 3.05) is 13.7 Å². The van der Waals surface area contributed by atoms with Gasteiger partial charge in [0, 0.05) is 12.6 Å². The zero-order valence-electron chi connectivity index (χ0n) is 10.1. The van der Waals surface area contributed by atoms with Crippen LogP contribution < -0.4 is 9.47 Å². The Morgan fingerprint density at radius 1 is 1.17 bits per heavy atom. The molecule has 18 heavy (non-hydrogen) atoms. The van der Waals surface area contributed by atoms with Gasteiger partial charge in [0.25, 0.3) is 0 Å². The number of ether oxygens (including phenoxy) is 2. The maximum Gasteiger partial charge on any atom is 0.171 e. The second-order valence-corrected chi connectivity index (χ2v) is 4.10. The lowest BCUT2D eigenvalue weighted by Crippen LogP contribution is -2.02. The highest BCUT2D eigenvalue weighted by molar-refractivity contribution is 6.30. The summed E-state index contributed by atoms with van der Waals surface area (Å²) in [5, 5.41) is 0.396. The first kappa shape index (κ1) is 12.7. The Morgan fingerprint density at radius 3 is 2.61 bits per heavy atom. The number of methoxy groups -OCH3 is 1. The molecule has 2 rings (SSSR count). The van der Waals surface area contributed by atoms with E-state index >= 15 is 0 Å². The Labute approximate surface area is 111 Å². The van der Waals surface area contributed by atoms with Crippen molar-refractivity contribution in [1.82, 2.24) is 4.98 Å². The van der Waals surface area contributed by atoms with Gasteiger partial charge < -0.3 is 9.47 Å². The molecule has 2 aromatic rings. The topological polar surface area (TPSA) is 31.4 Å². The SMILES string of the molecule is COc1ccc(CCOc2cccnc2Cl)cc1. The fourth-order valence-corrected chi connectivity index (χ4v) is 1.72. The van der Waals surface area contributed by atoms with E-state index in [9.17, 15) is 0 Å². The third kappa shape index (κ3) is 3.37. The average molecular weight is 264 g/mol. The molecule has 0 aliphatic heterocycles. The second-order valence-electron chi connectivity index (χ2n) is 3.74. The van der Waals surface area contributed by atoms with Crippen LogP contribution >= 0.6 is 11.6 Å². The molecule has 0 aliphatic carbocycles. The van der Waals surface area contributed by atoms with Crippen LogP contribution in [0.5, 0.6) is 11.5 Å². The zero-order valence-corrected chi connectivity index (χ0v) is 10.9. The summed E-state index contributed by atoms with van der Waals surface area (Å²) < 4.78 is 10.7. The van der Waals surface area contributed by atoms with Crippen molar-refractivity contribution in [2.45, 2.75) is 6.42 Å².